The van der Waals surface area contributed by atoms with Gasteiger partial charge in [0, 0.05) is 25.2 Å². The van der Waals surface area contributed by atoms with E-state index in [0.29, 0.717) is 24.8 Å². The minimum atomic E-state index is -0.125. The quantitative estimate of drug-likeness (QED) is 0.734. The molecule has 4 heterocycles. The summed E-state index contributed by atoms with van der Waals surface area (Å²) in [6, 6.07) is 3.49. The SMILES string of the molecule is Cc1cc(NC(=O)C2CN(c3cc(-n4cncn4)ncn3)C2)on1. The van der Waals surface area contributed by atoms with Crippen LogP contribution in [-0.4, -0.2) is 48.9 Å². The average molecular weight is 326 g/mol. The Morgan fingerprint density at radius 3 is 2.79 bits per heavy atom. The Morgan fingerprint density at radius 1 is 1.25 bits per heavy atom. The van der Waals surface area contributed by atoms with Crippen LogP contribution in [0.4, 0.5) is 11.7 Å². The first-order valence-corrected chi connectivity index (χ1v) is 7.35. The Bertz CT molecular complexity index is 853. The van der Waals surface area contributed by atoms with Gasteiger partial charge in [-0.1, -0.05) is 5.16 Å². The number of carbonyl (C=O) groups is 1. The largest absolute Gasteiger partial charge is 0.355 e. The molecule has 1 fully saturated rings. The molecule has 0 unspecified atom stereocenters. The van der Waals surface area contributed by atoms with Gasteiger partial charge in [-0.2, -0.15) is 5.10 Å². The van der Waals surface area contributed by atoms with E-state index in [2.05, 4.69) is 30.5 Å². The summed E-state index contributed by atoms with van der Waals surface area (Å²) in [4.78, 5) is 26.5. The predicted octanol–water partition coefficient (Wildman–Crippen LogP) is 0.429. The topological polar surface area (TPSA) is 115 Å². The highest BCUT2D eigenvalue weighted by molar-refractivity contribution is 5.93. The second-order valence-corrected chi connectivity index (χ2v) is 5.50. The Morgan fingerprint density at radius 2 is 2.08 bits per heavy atom. The third-order valence-corrected chi connectivity index (χ3v) is 3.74. The average Bonchev–Trinajstić information content (AvgIpc) is 3.18. The molecule has 1 aliphatic heterocycles. The van der Waals surface area contributed by atoms with Crippen LogP contribution in [0.15, 0.2) is 35.6 Å². The molecule has 0 aliphatic carbocycles. The summed E-state index contributed by atoms with van der Waals surface area (Å²) in [5, 5.41) is 10.5. The molecule has 0 radical (unpaired) electrons. The predicted molar refractivity (Wildman–Crippen MR) is 82.5 cm³/mol. The third-order valence-electron chi connectivity index (χ3n) is 3.74. The molecule has 1 saturated heterocycles. The van der Waals surface area contributed by atoms with Crippen LogP contribution in [-0.2, 0) is 4.79 Å². The minimum absolute atomic E-state index is 0.0899. The maximum Gasteiger partial charge on any atom is 0.233 e. The van der Waals surface area contributed by atoms with Gasteiger partial charge in [0.2, 0.25) is 11.8 Å². The lowest BCUT2D eigenvalue weighted by Crippen LogP contribution is -2.52. The van der Waals surface area contributed by atoms with Crippen LogP contribution in [0.2, 0.25) is 0 Å². The molecule has 3 aromatic rings. The smallest absolute Gasteiger partial charge is 0.233 e. The van der Waals surface area contributed by atoms with Crippen molar-refractivity contribution < 1.29 is 9.32 Å². The zero-order chi connectivity index (χ0) is 16.5. The molecule has 1 N–H and O–H groups in total. The molecule has 0 saturated carbocycles. The van der Waals surface area contributed by atoms with E-state index in [9.17, 15) is 4.79 Å². The lowest BCUT2D eigenvalue weighted by molar-refractivity contribution is -0.120. The van der Waals surface area contributed by atoms with Gasteiger partial charge < -0.3 is 9.42 Å². The van der Waals surface area contributed by atoms with Crippen molar-refractivity contribution in [3.63, 3.8) is 0 Å². The van der Waals surface area contributed by atoms with Crippen molar-refractivity contribution in [1.29, 1.82) is 0 Å². The van der Waals surface area contributed by atoms with Crippen LogP contribution >= 0.6 is 0 Å². The van der Waals surface area contributed by atoms with Crippen LogP contribution < -0.4 is 10.2 Å². The number of hydrogen-bond acceptors (Lipinski definition) is 8. The highest BCUT2D eigenvalue weighted by Crippen LogP contribution is 2.24. The molecule has 4 rings (SSSR count). The van der Waals surface area contributed by atoms with Gasteiger partial charge in [0.15, 0.2) is 5.82 Å². The number of nitrogens with zero attached hydrogens (tertiary/aromatic N) is 7. The fourth-order valence-corrected chi connectivity index (χ4v) is 2.44. The Kier molecular flexibility index (Phi) is 3.41. The number of amides is 1. The summed E-state index contributed by atoms with van der Waals surface area (Å²) in [5.74, 6) is 1.53. The van der Waals surface area contributed by atoms with Gasteiger partial charge >= 0.3 is 0 Å². The van der Waals surface area contributed by atoms with Gasteiger partial charge in [-0.25, -0.2) is 19.6 Å². The lowest BCUT2D eigenvalue weighted by atomic mass is 9.99. The van der Waals surface area contributed by atoms with E-state index < -0.39 is 0 Å². The van der Waals surface area contributed by atoms with Crippen molar-refractivity contribution in [2.45, 2.75) is 6.92 Å². The number of rotatable bonds is 4. The van der Waals surface area contributed by atoms with E-state index in [1.165, 1.54) is 12.7 Å². The van der Waals surface area contributed by atoms with E-state index in [-0.39, 0.29) is 11.8 Å². The van der Waals surface area contributed by atoms with E-state index in [1.807, 2.05) is 11.0 Å². The standard InChI is InChI=1S/C14H14N8O2/c1-9-2-13(24-20-9)19-14(23)10-4-21(5-10)11-3-12(17-7-16-11)22-8-15-6-18-22/h2-3,6-8,10H,4-5H2,1H3,(H,19,23). The second kappa shape index (κ2) is 5.72. The van der Waals surface area contributed by atoms with Gasteiger partial charge in [-0.05, 0) is 6.92 Å². The highest BCUT2D eigenvalue weighted by atomic mass is 16.5. The number of anilines is 2. The molecule has 1 amide bonds. The van der Waals surface area contributed by atoms with E-state index in [4.69, 9.17) is 4.52 Å². The van der Waals surface area contributed by atoms with Crippen molar-refractivity contribution >= 4 is 17.6 Å². The molecule has 10 nitrogen and oxygen atoms in total. The maximum absolute atomic E-state index is 12.2. The maximum atomic E-state index is 12.2. The fourth-order valence-electron chi connectivity index (χ4n) is 2.44. The number of aromatic nitrogens is 6. The van der Waals surface area contributed by atoms with Gasteiger partial charge in [0.05, 0.1) is 11.6 Å². The number of nitrogens with one attached hydrogen (secondary N) is 1. The first-order valence-electron chi connectivity index (χ1n) is 7.35. The van der Waals surface area contributed by atoms with Crippen molar-refractivity contribution in [3.05, 3.63) is 36.8 Å². The molecule has 10 heteroatoms. The van der Waals surface area contributed by atoms with E-state index in [0.717, 1.165) is 11.5 Å². The Labute approximate surface area is 136 Å². The number of aryl methyl sites for hydroxylation is 1. The Balaban J connectivity index is 1.39. The Hall–Kier alpha value is -3.30. The number of carbonyl (C=O) groups excluding carboxylic acids is 1. The van der Waals surface area contributed by atoms with Crippen molar-refractivity contribution in [3.8, 4) is 5.82 Å². The van der Waals surface area contributed by atoms with Crippen molar-refractivity contribution in [1.82, 2.24) is 29.9 Å². The van der Waals surface area contributed by atoms with Crippen LogP contribution in [0.25, 0.3) is 5.82 Å². The second-order valence-electron chi connectivity index (χ2n) is 5.50. The molecule has 0 atom stereocenters. The monoisotopic (exact) mass is 326 g/mol. The molecule has 24 heavy (non-hydrogen) atoms. The summed E-state index contributed by atoms with van der Waals surface area (Å²) in [7, 11) is 0. The summed E-state index contributed by atoms with van der Waals surface area (Å²) < 4.78 is 6.55. The van der Waals surface area contributed by atoms with Crippen LogP contribution in [0.3, 0.4) is 0 Å². The zero-order valence-corrected chi connectivity index (χ0v) is 12.8. The minimum Gasteiger partial charge on any atom is -0.355 e. The molecule has 3 aromatic heterocycles. The molecule has 1 aliphatic rings. The van der Waals surface area contributed by atoms with Gasteiger partial charge in [0.25, 0.3) is 0 Å². The fraction of sp³-hybridized carbons (Fsp3) is 0.286. The van der Waals surface area contributed by atoms with Crippen LogP contribution in [0.1, 0.15) is 5.69 Å². The van der Waals surface area contributed by atoms with Crippen LogP contribution in [0.5, 0.6) is 0 Å². The summed E-state index contributed by atoms with van der Waals surface area (Å²) >= 11 is 0. The van der Waals surface area contributed by atoms with Crippen LogP contribution in [0, 0.1) is 12.8 Å². The van der Waals surface area contributed by atoms with E-state index >= 15 is 0 Å². The highest BCUT2D eigenvalue weighted by Gasteiger charge is 2.34. The summed E-state index contributed by atoms with van der Waals surface area (Å²) in [6.07, 6.45) is 4.48. The van der Waals surface area contributed by atoms with Gasteiger partial charge in [0.1, 0.15) is 24.8 Å². The molecule has 0 spiro atoms. The first kappa shape index (κ1) is 14.3. The lowest BCUT2D eigenvalue weighted by Gasteiger charge is -2.38. The van der Waals surface area contributed by atoms with E-state index in [1.54, 1.807) is 24.0 Å². The van der Waals surface area contributed by atoms with Crippen molar-refractivity contribution in [2.24, 2.45) is 5.92 Å². The number of hydrogen-bond donors (Lipinski definition) is 1. The molecular formula is C14H14N8O2. The van der Waals surface area contributed by atoms with Crippen molar-refractivity contribution in [2.75, 3.05) is 23.3 Å². The zero-order valence-electron chi connectivity index (χ0n) is 12.8. The first-order chi connectivity index (χ1) is 11.7. The van der Waals surface area contributed by atoms with Gasteiger partial charge in [-0.15, -0.1) is 0 Å². The molecule has 0 bridgehead atoms. The normalized spacial score (nSPS) is 14.5. The van der Waals surface area contributed by atoms with Gasteiger partial charge in [-0.3, -0.25) is 10.1 Å². The molecule has 0 aromatic carbocycles. The third kappa shape index (κ3) is 2.69. The summed E-state index contributed by atoms with van der Waals surface area (Å²) in [6.45, 7) is 2.95. The molecular weight excluding hydrogens is 312 g/mol. The summed E-state index contributed by atoms with van der Waals surface area (Å²) in [5.41, 5.74) is 0.724. The molecule has 122 valence electrons.